The van der Waals surface area contributed by atoms with Crippen LogP contribution < -0.4 is 43.0 Å². The maximum atomic E-state index is 11.4. The summed E-state index contributed by atoms with van der Waals surface area (Å²) in [5.41, 5.74) is 9.86. The molecular weight excluding hydrogens is 352 g/mol. The fourth-order valence-electron chi connectivity index (χ4n) is 1.45. The molecule has 0 radical (unpaired) electrons. The molecule has 0 heterocycles. The summed E-state index contributed by atoms with van der Waals surface area (Å²) in [7, 11) is 3.31. The Morgan fingerprint density at radius 1 is 0.667 bits per heavy atom. The summed E-state index contributed by atoms with van der Waals surface area (Å²) in [6.07, 6.45) is 3.62. The van der Waals surface area contributed by atoms with Crippen LogP contribution in [0.3, 0.4) is 0 Å². The molecule has 0 spiro atoms. The summed E-state index contributed by atoms with van der Waals surface area (Å²) in [5.74, 6) is 0. The summed E-state index contributed by atoms with van der Waals surface area (Å²) >= 11 is 9.62. The minimum absolute atomic E-state index is 0.335. The zero-order valence-corrected chi connectivity index (χ0v) is 15.5. The molecular formula is C12H26N8O2S2. The molecule has 4 amide bonds. The summed E-state index contributed by atoms with van der Waals surface area (Å²) in [6, 6.07) is -0.671. The molecule has 0 aromatic heterocycles. The molecule has 0 atom stereocenters. The molecule has 0 aromatic rings. The zero-order chi connectivity index (χ0) is 18.2. The van der Waals surface area contributed by atoms with Crippen LogP contribution >= 0.6 is 24.4 Å². The molecule has 0 aromatic carbocycles. The van der Waals surface area contributed by atoms with Crippen molar-refractivity contribution in [1.82, 2.24) is 43.0 Å². The van der Waals surface area contributed by atoms with Gasteiger partial charge in [-0.15, -0.1) is 0 Å². The van der Waals surface area contributed by atoms with Crippen LogP contribution in [0.15, 0.2) is 0 Å². The van der Waals surface area contributed by atoms with E-state index in [2.05, 4.69) is 43.0 Å². The minimum atomic E-state index is -0.335. The van der Waals surface area contributed by atoms with E-state index in [1.807, 2.05) is 0 Å². The number of thiocarbonyl (C=S) groups is 2. The average Bonchev–Trinajstić information content (AvgIpc) is 2.59. The molecule has 0 saturated heterocycles. The third-order valence-electron chi connectivity index (χ3n) is 2.71. The van der Waals surface area contributed by atoms with E-state index >= 15 is 0 Å². The van der Waals surface area contributed by atoms with E-state index in [0.29, 0.717) is 23.3 Å². The quantitative estimate of drug-likeness (QED) is 0.164. The lowest BCUT2D eigenvalue weighted by Crippen LogP contribution is -2.49. The van der Waals surface area contributed by atoms with Crippen LogP contribution in [0.2, 0.25) is 0 Å². The first-order chi connectivity index (χ1) is 11.5. The first kappa shape index (κ1) is 21.9. The molecule has 0 unspecified atom stereocenters. The Kier molecular flexibility index (Phi) is 13.3. The SMILES string of the molecule is CNC(=S)NNC(=O)NCCCCCCNC(=O)NNC(=S)NC. The van der Waals surface area contributed by atoms with E-state index in [9.17, 15) is 9.59 Å². The molecule has 0 rings (SSSR count). The summed E-state index contributed by atoms with van der Waals surface area (Å²) < 4.78 is 0. The van der Waals surface area contributed by atoms with Gasteiger partial charge in [-0.05, 0) is 37.3 Å². The van der Waals surface area contributed by atoms with Gasteiger partial charge in [0.1, 0.15) is 0 Å². The number of unbranched alkanes of at least 4 members (excludes halogenated alkanes) is 3. The maximum absolute atomic E-state index is 11.4. The Bertz CT molecular complexity index is 384. The second-order valence-corrected chi connectivity index (χ2v) is 5.40. The van der Waals surface area contributed by atoms with Crippen molar-refractivity contribution in [3.05, 3.63) is 0 Å². The zero-order valence-electron chi connectivity index (χ0n) is 13.9. The van der Waals surface area contributed by atoms with E-state index in [1.165, 1.54) is 0 Å². The number of nitrogens with one attached hydrogen (secondary N) is 8. The van der Waals surface area contributed by atoms with E-state index in [4.69, 9.17) is 24.4 Å². The first-order valence-corrected chi connectivity index (χ1v) is 8.34. The number of hydrogen-bond donors (Lipinski definition) is 8. The molecule has 8 N–H and O–H groups in total. The average molecular weight is 379 g/mol. The Morgan fingerprint density at radius 2 is 1.04 bits per heavy atom. The van der Waals surface area contributed by atoms with Crippen LogP contribution in [0.5, 0.6) is 0 Å². The smallest absolute Gasteiger partial charge is 0.333 e. The van der Waals surface area contributed by atoms with Crippen molar-refractivity contribution in [2.45, 2.75) is 25.7 Å². The van der Waals surface area contributed by atoms with Gasteiger partial charge in [0.15, 0.2) is 10.2 Å². The van der Waals surface area contributed by atoms with Gasteiger partial charge in [-0.25, -0.2) is 20.4 Å². The normalized spacial score (nSPS) is 9.25. The number of amides is 4. The van der Waals surface area contributed by atoms with Gasteiger partial charge in [0, 0.05) is 27.2 Å². The van der Waals surface area contributed by atoms with Gasteiger partial charge in [0.05, 0.1) is 0 Å². The number of carbonyl (C=O) groups excluding carboxylic acids is 2. The lowest BCUT2D eigenvalue weighted by atomic mass is 10.2. The molecule has 24 heavy (non-hydrogen) atoms. The number of rotatable bonds is 7. The number of carbonyl (C=O) groups is 2. The monoisotopic (exact) mass is 378 g/mol. The Labute approximate surface area is 152 Å². The highest BCUT2D eigenvalue weighted by molar-refractivity contribution is 7.80. The lowest BCUT2D eigenvalue weighted by Gasteiger charge is -2.10. The van der Waals surface area contributed by atoms with Crippen LogP contribution in [0, 0.1) is 0 Å². The minimum Gasteiger partial charge on any atom is -0.364 e. The topological polar surface area (TPSA) is 130 Å². The summed E-state index contributed by atoms with van der Waals surface area (Å²) in [6.45, 7) is 1.14. The van der Waals surface area contributed by atoms with E-state index < -0.39 is 0 Å². The van der Waals surface area contributed by atoms with Gasteiger partial charge in [-0.1, -0.05) is 12.8 Å². The molecule has 0 aliphatic rings. The van der Waals surface area contributed by atoms with Gasteiger partial charge in [-0.3, -0.25) is 10.9 Å². The van der Waals surface area contributed by atoms with E-state index in [0.717, 1.165) is 25.7 Å². The van der Waals surface area contributed by atoms with E-state index in [-0.39, 0.29) is 12.1 Å². The first-order valence-electron chi connectivity index (χ1n) is 7.52. The highest BCUT2D eigenvalue weighted by Crippen LogP contribution is 1.97. The maximum Gasteiger partial charge on any atom is 0.333 e. The highest BCUT2D eigenvalue weighted by atomic mass is 32.1. The molecule has 10 nitrogen and oxygen atoms in total. The van der Waals surface area contributed by atoms with Crippen molar-refractivity contribution in [3.63, 3.8) is 0 Å². The van der Waals surface area contributed by atoms with Crippen molar-refractivity contribution in [2.24, 2.45) is 0 Å². The second-order valence-electron chi connectivity index (χ2n) is 4.58. The predicted octanol–water partition coefficient (Wildman–Crippen LogP) is -0.837. The van der Waals surface area contributed by atoms with Crippen LogP contribution in [0.25, 0.3) is 0 Å². The van der Waals surface area contributed by atoms with Gasteiger partial charge in [-0.2, -0.15) is 0 Å². The summed E-state index contributed by atoms with van der Waals surface area (Å²) in [4.78, 5) is 22.7. The van der Waals surface area contributed by atoms with Crippen molar-refractivity contribution < 1.29 is 9.59 Å². The van der Waals surface area contributed by atoms with Crippen molar-refractivity contribution in [1.29, 1.82) is 0 Å². The number of hydrazine groups is 2. The Hall–Kier alpha value is -2.08. The largest absolute Gasteiger partial charge is 0.364 e. The highest BCUT2D eigenvalue weighted by Gasteiger charge is 2.00. The lowest BCUT2D eigenvalue weighted by molar-refractivity contribution is 0.237. The molecule has 0 saturated carbocycles. The fraction of sp³-hybridized carbons (Fsp3) is 0.667. The third kappa shape index (κ3) is 13.6. The van der Waals surface area contributed by atoms with Gasteiger partial charge < -0.3 is 21.3 Å². The molecule has 0 fully saturated rings. The number of urea groups is 2. The number of hydrogen-bond acceptors (Lipinski definition) is 4. The molecule has 0 bridgehead atoms. The van der Waals surface area contributed by atoms with Gasteiger partial charge in [0.25, 0.3) is 0 Å². The van der Waals surface area contributed by atoms with E-state index in [1.54, 1.807) is 14.1 Å². The molecule has 12 heteroatoms. The van der Waals surface area contributed by atoms with Crippen LogP contribution in [-0.4, -0.2) is 49.5 Å². The second kappa shape index (κ2) is 14.5. The van der Waals surface area contributed by atoms with Crippen molar-refractivity contribution >= 4 is 46.7 Å². The predicted molar refractivity (Wildman–Crippen MR) is 101 cm³/mol. The molecule has 0 aliphatic carbocycles. The fourth-order valence-corrected chi connectivity index (χ4v) is 1.55. The van der Waals surface area contributed by atoms with Gasteiger partial charge in [0.2, 0.25) is 0 Å². The standard InChI is InChI=1S/C12H26N8O2S2/c1-13-11(23)19-17-9(21)15-7-5-3-4-6-8-16-10(22)18-20-12(24)14-2/h3-8H2,1-2H3,(H2,13,19,23)(H2,14,20,24)(H2,15,17,21)(H2,16,18,22). The van der Waals surface area contributed by atoms with Crippen LogP contribution in [0.4, 0.5) is 9.59 Å². The van der Waals surface area contributed by atoms with Crippen molar-refractivity contribution in [3.8, 4) is 0 Å². The summed E-state index contributed by atoms with van der Waals surface area (Å²) in [5, 5.41) is 11.4. The van der Waals surface area contributed by atoms with Crippen LogP contribution in [0.1, 0.15) is 25.7 Å². The Morgan fingerprint density at radius 3 is 1.38 bits per heavy atom. The van der Waals surface area contributed by atoms with Gasteiger partial charge >= 0.3 is 12.1 Å². The van der Waals surface area contributed by atoms with Crippen molar-refractivity contribution in [2.75, 3.05) is 27.2 Å². The third-order valence-corrected chi connectivity index (χ3v) is 3.32. The molecule has 0 aliphatic heterocycles. The molecule has 138 valence electrons. The van der Waals surface area contributed by atoms with Crippen LogP contribution in [-0.2, 0) is 0 Å². The Balaban J connectivity index is 3.39.